The lowest BCUT2D eigenvalue weighted by Crippen LogP contribution is -2.18. The van der Waals surface area contributed by atoms with Crippen molar-refractivity contribution in [1.29, 1.82) is 0 Å². The summed E-state index contributed by atoms with van der Waals surface area (Å²) in [5.74, 6) is -0.0774. The highest BCUT2D eigenvalue weighted by Gasteiger charge is 2.10. The van der Waals surface area contributed by atoms with Crippen molar-refractivity contribution >= 4 is 16.3 Å². The summed E-state index contributed by atoms with van der Waals surface area (Å²) < 4.78 is 20.6. The van der Waals surface area contributed by atoms with Gasteiger partial charge in [0.1, 0.15) is 0 Å². The molecule has 1 N–H and O–H groups in total. The Kier molecular flexibility index (Phi) is 3.90. The van der Waals surface area contributed by atoms with Gasteiger partial charge in [-0.2, -0.15) is 0 Å². The molecule has 0 bridgehead atoms. The van der Waals surface area contributed by atoms with Crippen molar-refractivity contribution in [3.05, 3.63) is 53.0 Å². The smallest absolute Gasteiger partial charge is 0.193 e. The molecule has 6 heteroatoms. The zero-order valence-electron chi connectivity index (χ0n) is 11.8. The third kappa shape index (κ3) is 2.91. The molecule has 110 valence electrons. The van der Waals surface area contributed by atoms with Crippen molar-refractivity contribution in [2.24, 2.45) is 0 Å². The number of rotatable bonds is 5. The summed E-state index contributed by atoms with van der Waals surface area (Å²) in [6.07, 6.45) is 3.99. The van der Waals surface area contributed by atoms with E-state index in [0.29, 0.717) is 6.54 Å². The van der Waals surface area contributed by atoms with Gasteiger partial charge in [0, 0.05) is 30.4 Å². The summed E-state index contributed by atoms with van der Waals surface area (Å²) >= 11 is 1.61. The molecule has 4 nitrogen and oxygen atoms in total. The quantitative estimate of drug-likeness (QED) is 0.785. The standard InChI is InChI=1S/C15H16FN3OS/c1-10(11-3-4-14(20-2)13(16)7-11)17-8-12-9-19-5-6-21-15(19)18-12/h3-7,9-10,17H,8H2,1-2H3/t10-/m0/s1. The predicted molar refractivity (Wildman–Crippen MR) is 81.3 cm³/mol. The van der Waals surface area contributed by atoms with E-state index in [-0.39, 0.29) is 17.6 Å². The van der Waals surface area contributed by atoms with Crippen molar-refractivity contribution in [3.63, 3.8) is 0 Å². The van der Waals surface area contributed by atoms with Crippen LogP contribution in [0.2, 0.25) is 0 Å². The van der Waals surface area contributed by atoms with Gasteiger partial charge in [-0.3, -0.25) is 4.40 Å². The lowest BCUT2D eigenvalue weighted by atomic mass is 10.1. The van der Waals surface area contributed by atoms with Gasteiger partial charge in [0.05, 0.1) is 12.8 Å². The van der Waals surface area contributed by atoms with Crippen LogP contribution in [0.15, 0.2) is 36.0 Å². The van der Waals surface area contributed by atoms with Crippen LogP contribution in [0.5, 0.6) is 5.75 Å². The molecule has 0 aliphatic rings. The lowest BCUT2D eigenvalue weighted by molar-refractivity contribution is 0.385. The van der Waals surface area contributed by atoms with Crippen LogP contribution in [-0.2, 0) is 6.54 Å². The molecule has 0 amide bonds. The van der Waals surface area contributed by atoms with Crippen LogP contribution in [0.25, 0.3) is 4.96 Å². The van der Waals surface area contributed by atoms with Crippen LogP contribution < -0.4 is 10.1 Å². The minimum absolute atomic E-state index is 0.0325. The largest absolute Gasteiger partial charge is 0.494 e. The molecule has 21 heavy (non-hydrogen) atoms. The summed E-state index contributed by atoms with van der Waals surface area (Å²) in [6.45, 7) is 2.64. The highest BCUT2D eigenvalue weighted by Crippen LogP contribution is 2.22. The third-order valence-electron chi connectivity index (χ3n) is 3.41. The summed E-state index contributed by atoms with van der Waals surface area (Å²) in [5, 5.41) is 5.35. The molecule has 0 saturated heterocycles. The third-order valence-corrected chi connectivity index (χ3v) is 4.18. The molecule has 0 spiro atoms. The number of nitrogens with one attached hydrogen (secondary N) is 1. The fraction of sp³-hybridized carbons (Fsp3) is 0.267. The number of halogens is 1. The molecule has 3 rings (SSSR count). The van der Waals surface area contributed by atoms with E-state index in [0.717, 1.165) is 16.2 Å². The first-order valence-electron chi connectivity index (χ1n) is 6.65. The van der Waals surface area contributed by atoms with Gasteiger partial charge in [-0.1, -0.05) is 6.07 Å². The van der Waals surface area contributed by atoms with E-state index in [2.05, 4.69) is 10.3 Å². The van der Waals surface area contributed by atoms with Gasteiger partial charge < -0.3 is 10.1 Å². The minimum atomic E-state index is -0.342. The molecule has 0 fully saturated rings. The fourth-order valence-corrected chi connectivity index (χ4v) is 2.91. The second-order valence-corrected chi connectivity index (χ2v) is 5.69. The Morgan fingerprint density at radius 3 is 3.05 bits per heavy atom. The van der Waals surface area contributed by atoms with E-state index in [1.165, 1.54) is 13.2 Å². The Hall–Kier alpha value is -1.92. The van der Waals surface area contributed by atoms with Crippen LogP contribution in [-0.4, -0.2) is 16.5 Å². The van der Waals surface area contributed by atoms with Gasteiger partial charge in [-0.15, -0.1) is 11.3 Å². The summed E-state index contributed by atoms with van der Waals surface area (Å²) in [5.41, 5.74) is 1.86. The van der Waals surface area contributed by atoms with Gasteiger partial charge in [-0.05, 0) is 24.6 Å². The molecule has 2 aromatic heterocycles. The van der Waals surface area contributed by atoms with E-state index >= 15 is 0 Å². The SMILES string of the molecule is COc1ccc([C@H](C)NCc2cn3ccsc3n2)cc1F. The van der Waals surface area contributed by atoms with E-state index in [9.17, 15) is 4.39 Å². The monoisotopic (exact) mass is 305 g/mol. The van der Waals surface area contributed by atoms with E-state index in [4.69, 9.17) is 4.74 Å². The van der Waals surface area contributed by atoms with Crippen LogP contribution in [0.3, 0.4) is 0 Å². The number of methoxy groups -OCH3 is 1. The molecule has 0 aliphatic heterocycles. The molecule has 0 radical (unpaired) electrons. The molecule has 3 aromatic rings. The number of imidazole rings is 1. The molecular weight excluding hydrogens is 289 g/mol. The number of hydrogen-bond acceptors (Lipinski definition) is 4. The van der Waals surface area contributed by atoms with Crippen molar-refractivity contribution in [2.45, 2.75) is 19.5 Å². The predicted octanol–water partition coefficient (Wildman–Crippen LogP) is 3.39. The van der Waals surface area contributed by atoms with E-state index in [1.807, 2.05) is 35.2 Å². The van der Waals surface area contributed by atoms with Crippen molar-refractivity contribution in [2.75, 3.05) is 7.11 Å². The summed E-state index contributed by atoms with van der Waals surface area (Å²) in [7, 11) is 1.46. The van der Waals surface area contributed by atoms with Gasteiger partial charge in [-0.25, -0.2) is 9.37 Å². The Balaban J connectivity index is 1.67. The lowest BCUT2D eigenvalue weighted by Gasteiger charge is -2.14. The van der Waals surface area contributed by atoms with Gasteiger partial charge in [0.15, 0.2) is 16.5 Å². The first kappa shape index (κ1) is 14.0. The zero-order valence-corrected chi connectivity index (χ0v) is 12.7. The van der Waals surface area contributed by atoms with Crippen LogP contribution in [0, 0.1) is 5.82 Å². The zero-order chi connectivity index (χ0) is 14.8. The summed E-state index contributed by atoms with van der Waals surface area (Å²) in [6, 6.07) is 5.05. The fourth-order valence-electron chi connectivity index (χ4n) is 2.19. The molecule has 2 heterocycles. The van der Waals surface area contributed by atoms with E-state index < -0.39 is 0 Å². The topological polar surface area (TPSA) is 38.6 Å². The first-order valence-corrected chi connectivity index (χ1v) is 7.53. The molecule has 0 saturated carbocycles. The van der Waals surface area contributed by atoms with Crippen LogP contribution in [0.1, 0.15) is 24.2 Å². The van der Waals surface area contributed by atoms with Crippen LogP contribution in [0.4, 0.5) is 4.39 Å². The Bertz CT molecular complexity index is 724. The number of nitrogens with zero attached hydrogens (tertiary/aromatic N) is 2. The number of aromatic nitrogens is 2. The first-order chi connectivity index (χ1) is 10.2. The average molecular weight is 305 g/mol. The number of hydrogen-bond donors (Lipinski definition) is 1. The number of thiazole rings is 1. The number of ether oxygens (including phenoxy) is 1. The molecule has 1 atom stereocenters. The Morgan fingerprint density at radius 1 is 1.48 bits per heavy atom. The molecule has 0 aliphatic carbocycles. The van der Waals surface area contributed by atoms with Gasteiger partial charge in [0.2, 0.25) is 0 Å². The van der Waals surface area contributed by atoms with Crippen molar-refractivity contribution in [3.8, 4) is 5.75 Å². The highest BCUT2D eigenvalue weighted by atomic mass is 32.1. The number of benzene rings is 1. The second kappa shape index (κ2) is 5.83. The van der Waals surface area contributed by atoms with E-state index in [1.54, 1.807) is 17.4 Å². The Morgan fingerprint density at radius 2 is 2.33 bits per heavy atom. The maximum atomic E-state index is 13.7. The maximum absolute atomic E-state index is 13.7. The number of fused-ring (bicyclic) bond motifs is 1. The molecule has 0 unspecified atom stereocenters. The Labute approximate surface area is 126 Å². The molecular formula is C15H16FN3OS. The van der Waals surface area contributed by atoms with Gasteiger partial charge in [0.25, 0.3) is 0 Å². The maximum Gasteiger partial charge on any atom is 0.193 e. The van der Waals surface area contributed by atoms with Crippen LogP contribution >= 0.6 is 11.3 Å². The van der Waals surface area contributed by atoms with Gasteiger partial charge >= 0.3 is 0 Å². The van der Waals surface area contributed by atoms with Crippen molar-refractivity contribution in [1.82, 2.24) is 14.7 Å². The highest BCUT2D eigenvalue weighted by molar-refractivity contribution is 7.15. The molecule has 1 aromatic carbocycles. The second-order valence-electron chi connectivity index (χ2n) is 4.82. The van der Waals surface area contributed by atoms with Crippen molar-refractivity contribution < 1.29 is 9.13 Å². The average Bonchev–Trinajstić information content (AvgIpc) is 3.05. The minimum Gasteiger partial charge on any atom is -0.494 e. The normalized spacial score (nSPS) is 12.7. The summed E-state index contributed by atoms with van der Waals surface area (Å²) in [4.78, 5) is 5.49.